The minimum atomic E-state index is 0.0447. The van der Waals surface area contributed by atoms with Crippen molar-refractivity contribution in [2.24, 2.45) is 0 Å². The van der Waals surface area contributed by atoms with Gasteiger partial charge in [-0.25, -0.2) is 0 Å². The Kier molecular flexibility index (Phi) is 4.70. The minimum Gasteiger partial charge on any atom is -0.385 e. The summed E-state index contributed by atoms with van der Waals surface area (Å²) in [5, 5.41) is 6.38. The lowest BCUT2D eigenvalue weighted by Crippen LogP contribution is -2.40. The quantitative estimate of drug-likeness (QED) is 0.796. The normalized spacial score (nSPS) is 17.9. The summed E-state index contributed by atoms with van der Waals surface area (Å²) in [4.78, 5) is 15.4. The van der Waals surface area contributed by atoms with Crippen LogP contribution in [0.4, 0.5) is 0 Å². The predicted molar refractivity (Wildman–Crippen MR) is 86.5 cm³/mol. The Morgan fingerprint density at radius 1 is 1.55 bits per heavy atom. The molecule has 6 heteroatoms. The van der Waals surface area contributed by atoms with Gasteiger partial charge in [-0.2, -0.15) is 5.10 Å². The van der Waals surface area contributed by atoms with Gasteiger partial charge in [-0.1, -0.05) is 6.07 Å². The fourth-order valence-corrected chi connectivity index (χ4v) is 3.29. The van der Waals surface area contributed by atoms with Crippen LogP contribution in [0.2, 0.25) is 0 Å². The number of carbonyl (C=O) groups is 1. The van der Waals surface area contributed by atoms with E-state index in [-0.39, 0.29) is 11.9 Å². The van der Waals surface area contributed by atoms with Crippen molar-refractivity contribution in [3.63, 3.8) is 0 Å². The number of thiophene rings is 1. The van der Waals surface area contributed by atoms with Crippen molar-refractivity contribution < 1.29 is 9.53 Å². The molecule has 1 amide bonds. The number of aromatic nitrogens is 2. The van der Waals surface area contributed by atoms with Gasteiger partial charge < -0.3 is 9.64 Å². The number of hydrogen-bond acceptors (Lipinski definition) is 4. The topological polar surface area (TPSA) is 47.4 Å². The fraction of sp³-hybridized carbons (Fsp3) is 0.375. The van der Waals surface area contributed by atoms with Gasteiger partial charge in [0.15, 0.2) is 0 Å². The second-order valence-electron chi connectivity index (χ2n) is 5.27. The summed E-state index contributed by atoms with van der Waals surface area (Å²) in [7, 11) is 1.69. The van der Waals surface area contributed by atoms with Crippen LogP contribution in [0, 0.1) is 0 Å². The van der Waals surface area contributed by atoms with E-state index in [1.54, 1.807) is 30.7 Å². The molecule has 22 heavy (non-hydrogen) atoms. The smallest absolute Gasteiger partial charge is 0.247 e. The molecule has 3 heterocycles. The molecule has 1 aliphatic heterocycles. The molecule has 0 radical (unpaired) electrons. The van der Waals surface area contributed by atoms with Crippen molar-refractivity contribution in [1.82, 2.24) is 14.7 Å². The third-order valence-corrected chi connectivity index (χ3v) is 4.62. The number of nitrogens with zero attached hydrogens (tertiary/aromatic N) is 3. The maximum atomic E-state index is 12.4. The molecule has 0 aromatic carbocycles. The molecule has 0 aliphatic carbocycles. The molecule has 2 aromatic heterocycles. The van der Waals surface area contributed by atoms with Crippen LogP contribution in [-0.4, -0.2) is 40.8 Å². The van der Waals surface area contributed by atoms with Crippen molar-refractivity contribution in [2.45, 2.75) is 19.0 Å². The average molecular weight is 317 g/mol. The van der Waals surface area contributed by atoms with Gasteiger partial charge in [0.1, 0.15) is 0 Å². The van der Waals surface area contributed by atoms with Crippen LogP contribution in [0.15, 0.2) is 35.9 Å². The van der Waals surface area contributed by atoms with Crippen LogP contribution in [-0.2, 0) is 16.1 Å². The Hall–Kier alpha value is -1.92. The largest absolute Gasteiger partial charge is 0.385 e. The first-order valence-corrected chi connectivity index (χ1v) is 8.17. The second kappa shape index (κ2) is 6.89. The fourth-order valence-electron chi connectivity index (χ4n) is 2.67. The Morgan fingerprint density at radius 2 is 2.45 bits per heavy atom. The van der Waals surface area contributed by atoms with Gasteiger partial charge in [0.05, 0.1) is 18.3 Å². The molecule has 1 aliphatic rings. The number of amides is 1. The van der Waals surface area contributed by atoms with Crippen LogP contribution >= 0.6 is 11.3 Å². The number of carbonyl (C=O) groups excluding carboxylic acids is 1. The molecule has 5 nitrogen and oxygen atoms in total. The van der Waals surface area contributed by atoms with E-state index in [1.807, 2.05) is 39.2 Å². The number of fused-ring (bicyclic) bond motifs is 1. The zero-order valence-electron chi connectivity index (χ0n) is 12.5. The van der Waals surface area contributed by atoms with E-state index in [2.05, 4.69) is 5.10 Å². The highest BCUT2D eigenvalue weighted by Gasteiger charge is 2.27. The molecule has 0 saturated carbocycles. The van der Waals surface area contributed by atoms with Gasteiger partial charge in [-0.3, -0.25) is 9.48 Å². The molecule has 0 bridgehead atoms. The van der Waals surface area contributed by atoms with E-state index in [9.17, 15) is 4.79 Å². The summed E-state index contributed by atoms with van der Waals surface area (Å²) < 4.78 is 7.19. The van der Waals surface area contributed by atoms with Gasteiger partial charge in [0.2, 0.25) is 5.91 Å². The van der Waals surface area contributed by atoms with Crippen molar-refractivity contribution >= 4 is 23.3 Å². The molecule has 1 unspecified atom stereocenters. The number of methoxy groups -OCH3 is 1. The lowest BCUT2D eigenvalue weighted by molar-refractivity contribution is -0.128. The Labute approximate surface area is 133 Å². The summed E-state index contributed by atoms with van der Waals surface area (Å²) in [5.41, 5.74) is 1.07. The highest BCUT2D eigenvalue weighted by atomic mass is 32.1. The highest BCUT2D eigenvalue weighted by molar-refractivity contribution is 7.10. The number of hydrogen-bond donors (Lipinski definition) is 0. The third-order valence-electron chi connectivity index (χ3n) is 3.78. The predicted octanol–water partition coefficient (Wildman–Crippen LogP) is 2.58. The zero-order chi connectivity index (χ0) is 15.4. The van der Waals surface area contributed by atoms with Crippen molar-refractivity contribution in [3.8, 4) is 0 Å². The summed E-state index contributed by atoms with van der Waals surface area (Å²) in [6.07, 6.45) is 6.18. The molecule has 1 atom stereocenters. The van der Waals surface area contributed by atoms with Crippen molar-refractivity contribution in [3.05, 3.63) is 46.4 Å². The van der Waals surface area contributed by atoms with E-state index in [0.29, 0.717) is 19.7 Å². The van der Waals surface area contributed by atoms with E-state index < -0.39 is 0 Å². The summed E-state index contributed by atoms with van der Waals surface area (Å²) >= 11 is 1.62. The number of ether oxygens (including phenoxy) is 1. The molecule has 0 fully saturated rings. The second-order valence-corrected chi connectivity index (χ2v) is 6.25. The summed E-state index contributed by atoms with van der Waals surface area (Å²) in [6.45, 7) is 1.94. The van der Waals surface area contributed by atoms with E-state index in [4.69, 9.17) is 4.74 Å². The first-order valence-electron chi connectivity index (χ1n) is 7.30. The van der Waals surface area contributed by atoms with Crippen molar-refractivity contribution in [1.29, 1.82) is 0 Å². The van der Waals surface area contributed by atoms with Crippen LogP contribution in [0.1, 0.15) is 23.0 Å². The summed E-state index contributed by atoms with van der Waals surface area (Å²) in [5.74, 6) is 0.0447. The van der Waals surface area contributed by atoms with Gasteiger partial charge >= 0.3 is 0 Å². The van der Waals surface area contributed by atoms with Crippen LogP contribution < -0.4 is 0 Å². The lowest BCUT2D eigenvalue weighted by Gasteiger charge is -2.33. The molecule has 0 spiro atoms. The monoisotopic (exact) mass is 317 g/mol. The molecular weight excluding hydrogens is 298 g/mol. The standard InChI is InChI=1S/C16H19N3O2S/c1-21-9-7-14-12-18(11-13-6-8-17-19(13)14)16(20)5-4-15-3-2-10-22-15/h2-6,8,10,14H,7,9,11-12H2,1H3/b5-4+. The Balaban J connectivity index is 1.71. The Morgan fingerprint density at radius 3 is 3.23 bits per heavy atom. The summed E-state index contributed by atoms with van der Waals surface area (Å²) in [6, 6.07) is 6.14. The molecule has 3 rings (SSSR count). The maximum absolute atomic E-state index is 12.4. The first kappa shape index (κ1) is 15.0. The Bertz CT molecular complexity index is 648. The highest BCUT2D eigenvalue weighted by Crippen LogP contribution is 2.23. The lowest BCUT2D eigenvalue weighted by atomic mass is 10.1. The van der Waals surface area contributed by atoms with E-state index in [1.165, 1.54) is 0 Å². The zero-order valence-corrected chi connectivity index (χ0v) is 13.3. The minimum absolute atomic E-state index is 0.0447. The number of rotatable bonds is 5. The maximum Gasteiger partial charge on any atom is 0.247 e. The van der Waals surface area contributed by atoms with Gasteiger partial charge in [-0.15, -0.1) is 11.3 Å². The molecular formula is C16H19N3O2S. The van der Waals surface area contributed by atoms with Crippen LogP contribution in [0.5, 0.6) is 0 Å². The van der Waals surface area contributed by atoms with Crippen molar-refractivity contribution in [2.75, 3.05) is 20.3 Å². The molecule has 2 aromatic rings. The molecule has 116 valence electrons. The SMILES string of the molecule is COCCC1CN(C(=O)/C=C/c2cccs2)Cc2ccnn21. The van der Waals surface area contributed by atoms with Gasteiger partial charge in [0.25, 0.3) is 0 Å². The van der Waals surface area contributed by atoms with E-state index >= 15 is 0 Å². The van der Waals surface area contributed by atoms with Gasteiger partial charge in [0, 0.05) is 37.4 Å². The van der Waals surface area contributed by atoms with Crippen LogP contribution in [0.3, 0.4) is 0 Å². The van der Waals surface area contributed by atoms with E-state index in [0.717, 1.165) is 17.0 Å². The molecule has 0 saturated heterocycles. The first-order chi connectivity index (χ1) is 10.8. The average Bonchev–Trinajstić information content (AvgIpc) is 3.20. The third kappa shape index (κ3) is 3.28. The van der Waals surface area contributed by atoms with Crippen LogP contribution in [0.25, 0.3) is 6.08 Å². The molecule has 0 N–H and O–H groups in total. The van der Waals surface area contributed by atoms with Gasteiger partial charge in [-0.05, 0) is 30.0 Å².